The molecule has 3 rings (SSSR count). The van der Waals surface area contributed by atoms with Crippen LogP contribution in [0.3, 0.4) is 0 Å². The molecule has 0 spiro atoms. The molecule has 0 saturated heterocycles. The van der Waals surface area contributed by atoms with Crippen molar-refractivity contribution in [3.63, 3.8) is 0 Å². The summed E-state index contributed by atoms with van der Waals surface area (Å²) in [7, 11) is 6.08. The van der Waals surface area contributed by atoms with Crippen molar-refractivity contribution in [1.82, 2.24) is 9.47 Å². The highest BCUT2D eigenvalue weighted by Gasteiger charge is 2.31. The normalized spacial score (nSPS) is 19.2. The maximum Gasteiger partial charge on any atom is 0.183 e. The Morgan fingerprint density at radius 2 is 2.05 bits per heavy atom. The van der Waals surface area contributed by atoms with Gasteiger partial charge in [-0.25, -0.2) is 0 Å². The van der Waals surface area contributed by atoms with E-state index in [0.29, 0.717) is 5.78 Å². The number of Topliss-reactive ketones (excluding diaryl/α,β-unsaturated/α-hetero) is 1. The van der Waals surface area contributed by atoms with Gasteiger partial charge in [0.1, 0.15) is 0 Å². The molecule has 1 unspecified atom stereocenters. The van der Waals surface area contributed by atoms with Crippen molar-refractivity contribution in [2.75, 3.05) is 20.6 Å². The summed E-state index contributed by atoms with van der Waals surface area (Å²) >= 11 is 0. The number of fused-ring (bicyclic) bond motifs is 3. The third-order valence-electron chi connectivity index (χ3n) is 4.14. The fourth-order valence-corrected chi connectivity index (χ4v) is 3.30. The van der Waals surface area contributed by atoms with E-state index in [9.17, 15) is 4.79 Å². The Labute approximate surface area is 113 Å². The van der Waals surface area contributed by atoms with Crippen molar-refractivity contribution in [3.8, 4) is 0 Å². The van der Waals surface area contributed by atoms with Crippen molar-refractivity contribution in [1.29, 1.82) is 0 Å². The molecule has 1 atom stereocenters. The molecule has 0 amide bonds. The van der Waals surface area contributed by atoms with E-state index in [0.717, 1.165) is 25.1 Å². The van der Waals surface area contributed by atoms with Crippen LogP contribution >= 0.6 is 0 Å². The largest absolute Gasteiger partial charge is 0.341 e. The van der Waals surface area contributed by atoms with Crippen molar-refractivity contribution in [2.45, 2.75) is 12.8 Å². The van der Waals surface area contributed by atoms with Gasteiger partial charge in [0.05, 0.1) is 5.69 Å². The number of para-hydroxylation sites is 1. The molecule has 2 aromatic rings. The molecule has 1 heterocycles. The van der Waals surface area contributed by atoms with Gasteiger partial charge in [0.15, 0.2) is 5.78 Å². The second-order valence-corrected chi connectivity index (χ2v) is 5.77. The van der Waals surface area contributed by atoms with E-state index in [4.69, 9.17) is 0 Å². The Morgan fingerprint density at radius 3 is 2.79 bits per heavy atom. The first kappa shape index (κ1) is 12.4. The molecule has 1 aliphatic carbocycles. The number of rotatable bonds is 2. The third kappa shape index (κ3) is 1.89. The molecule has 0 fully saturated rings. The standard InChI is InChI=1S/C16H20N2O/c1-17(2)10-11-8-9-13-12-6-4-5-7-14(12)18(3)15(13)16(11)19/h4-7,11H,8-10H2,1-3H3. The summed E-state index contributed by atoms with van der Waals surface area (Å²) in [6.07, 6.45) is 1.99. The minimum Gasteiger partial charge on any atom is -0.341 e. The smallest absolute Gasteiger partial charge is 0.183 e. The van der Waals surface area contributed by atoms with E-state index < -0.39 is 0 Å². The summed E-state index contributed by atoms with van der Waals surface area (Å²) < 4.78 is 2.08. The zero-order valence-electron chi connectivity index (χ0n) is 11.8. The quantitative estimate of drug-likeness (QED) is 0.825. The minimum absolute atomic E-state index is 0.144. The lowest BCUT2D eigenvalue weighted by Crippen LogP contribution is -2.32. The van der Waals surface area contributed by atoms with Crippen LogP contribution in [-0.4, -0.2) is 35.9 Å². The Morgan fingerprint density at radius 1 is 1.32 bits per heavy atom. The van der Waals surface area contributed by atoms with Gasteiger partial charge in [-0.2, -0.15) is 0 Å². The van der Waals surface area contributed by atoms with E-state index in [-0.39, 0.29) is 5.92 Å². The fourth-order valence-electron chi connectivity index (χ4n) is 3.30. The maximum absolute atomic E-state index is 12.7. The number of hydrogen-bond acceptors (Lipinski definition) is 2. The number of hydrogen-bond donors (Lipinski definition) is 0. The Balaban J connectivity index is 2.11. The van der Waals surface area contributed by atoms with Gasteiger partial charge in [-0.1, -0.05) is 18.2 Å². The third-order valence-corrected chi connectivity index (χ3v) is 4.14. The van der Waals surface area contributed by atoms with Crippen molar-refractivity contribution in [3.05, 3.63) is 35.5 Å². The number of carbonyl (C=O) groups excluding carboxylic acids is 1. The summed E-state index contributed by atoms with van der Waals surface area (Å²) in [5, 5.41) is 1.25. The van der Waals surface area contributed by atoms with Crippen LogP contribution < -0.4 is 0 Å². The van der Waals surface area contributed by atoms with E-state index in [2.05, 4.69) is 27.7 Å². The zero-order valence-corrected chi connectivity index (χ0v) is 11.8. The van der Waals surface area contributed by atoms with Crippen molar-refractivity contribution < 1.29 is 4.79 Å². The molecule has 1 aromatic heterocycles. The fraction of sp³-hybridized carbons (Fsp3) is 0.438. The highest BCUT2D eigenvalue weighted by atomic mass is 16.1. The summed E-state index contributed by atoms with van der Waals surface area (Å²) in [6.45, 7) is 0.847. The zero-order chi connectivity index (χ0) is 13.6. The highest BCUT2D eigenvalue weighted by Crippen LogP contribution is 2.33. The second kappa shape index (κ2) is 4.49. The summed E-state index contributed by atoms with van der Waals surface area (Å²) in [5.74, 6) is 0.458. The van der Waals surface area contributed by atoms with Crippen LogP contribution in [0.5, 0.6) is 0 Å². The SMILES string of the molecule is CN(C)CC1CCc2c(n(C)c3ccccc23)C1=O. The maximum atomic E-state index is 12.7. The van der Waals surface area contributed by atoms with Gasteiger partial charge in [-0.05, 0) is 38.6 Å². The molecule has 1 aliphatic rings. The molecule has 0 N–H and O–H groups in total. The molecule has 0 saturated carbocycles. The predicted octanol–water partition coefficient (Wildman–Crippen LogP) is 2.49. The van der Waals surface area contributed by atoms with Gasteiger partial charge in [-0.3, -0.25) is 4.79 Å². The first-order valence-corrected chi connectivity index (χ1v) is 6.85. The van der Waals surface area contributed by atoms with E-state index in [1.807, 2.05) is 27.2 Å². The molecule has 3 nitrogen and oxygen atoms in total. The average molecular weight is 256 g/mol. The lowest BCUT2D eigenvalue weighted by Gasteiger charge is -2.24. The van der Waals surface area contributed by atoms with E-state index >= 15 is 0 Å². The van der Waals surface area contributed by atoms with Crippen LogP contribution in [-0.2, 0) is 13.5 Å². The molecule has 3 heteroatoms. The summed E-state index contributed by atoms with van der Waals surface area (Å²) in [6, 6.07) is 8.32. The number of carbonyl (C=O) groups is 1. The Bertz CT molecular complexity index is 639. The molecule has 19 heavy (non-hydrogen) atoms. The second-order valence-electron chi connectivity index (χ2n) is 5.77. The van der Waals surface area contributed by atoms with Crippen LogP contribution in [0.2, 0.25) is 0 Å². The number of aryl methyl sites for hydroxylation is 2. The van der Waals surface area contributed by atoms with Crippen LogP contribution in [0.4, 0.5) is 0 Å². The number of benzene rings is 1. The Hall–Kier alpha value is -1.61. The predicted molar refractivity (Wildman–Crippen MR) is 77.6 cm³/mol. The topological polar surface area (TPSA) is 25.2 Å². The minimum atomic E-state index is 0.144. The average Bonchev–Trinajstić information content (AvgIpc) is 2.67. The molecule has 0 radical (unpaired) electrons. The van der Waals surface area contributed by atoms with Crippen LogP contribution in [0, 0.1) is 5.92 Å². The monoisotopic (exact) mass is 256 g/mol. The van der Waals surface area contributed by atoms with Gasteiger partial charge in [0, 0.05) is 30.4 Å². The molecular weight excluding hydrogens is 236 g/mol. The van der Waals surface area contributed by atoms with Crippen molar-refractivity contribution >= 4 is 16.7 Å². The molecule has 0 aliphatic heterocycles. The number of nitrogens with zero attached hydrogens (tertiary/aromatic N) is 2. The van der Waals surface area contributed by atoms with Crippen molar-refractivity contribution in [2.24, 2.45) is 13.0 Å². The number of aromatic nitrogens is 1. The highest BCUT2D eigenvalue weighted by molar-refractivity contribution is 6.05. The van der Waals surface area contributed by atoms with Gasteiger partial charge in [0.25, 0.3) is 0 Å². The summed E-state index contributed by atoms with van der Waals surface area (Å²) in [5.41, 5.74) is 3.35. The molecule has 1 aromatic carbocycles. The molecule has 0 bridgehead atoms. The van der Waals surface area contributed by atoms with Crippen LogP contribution in [0.15, 0.2) is 24.3 Å². The first-order chi connectivity index (χ1) is 9.09. The first-order valence-electron chi connectivity index (χ1n) is 6.85. The Kier molecular flexibility index (Phi) is 2.94. The van der Waals surface area contributed by atoms with Crippen LogP contribution in [0.25, 0.3) is 10.9 Å². The van der Waals surface area contributed by atoms with E-state index in [1.54, 1.807) is 0 Å². The van der Waals surface area contributed by atoms with Gasteiger partial charge in [0.2, 0.25) is 0 Å². The molecular formula is C16H20N2O. The van der Waals surface area contributed by atoms with Gasteiger partial charge >= 0.3 is 0 Å². The van der Waals surface area contributed by atoms with Gasteiger partial charge < -0.3 is 9.47 Å². The summed E-state index contributed by atoms with van der Waals surface area (Å²) in [4.78, 5) is 14.8. The van der Waals surface area contributed by atoms with Gasteiger partial charge in [-0.15, -0.1) is 0 Å². The van der Waals surface area contributed by atoms with E-state index in [1.165, 1.54) is 16.5 Å². The molecule has 100 valence electrons. The number of ketones is 1. The lowest BCUT2D eigenvalue weighted by atomic mass is 9.85. The van der Waals surface area contributed by atoms with Crippen LogP contribution in [0.1, 0.15) is 22.5 Å². The lowest BCUT2D eigenvalue weighted by molar-refractivity contribution is 0.0869.